The normalized spacial score (nSPS) is 23.6. The molecule has 0 aliphatic carbocycles. The predicted octanol–water partition coefficient (Wildman–Crippen LogP) is 0.590. The third-order valence-corrected chi connectivity index (χ3v) is 3.59. The van der Waals surface area contributed by atoms with Gasteiger partial charge >= 0.3 is 12.0 Å². The second kappa shape index (κ2) is 7.44. The van der Waals surface area contributed by atoms with E-state index in [4.69, 9.17) is 14.6 Å². The summed E-state index contributed by atoms with van der Waals surface area (Å²) in [5.41, 5.74) is -0.475. The molecule has 1 heterocycles. The number of ether oxygens (including phenoxy) is 2. The van der Waals surface area contributed by atoms with Gasteiger partial charge in [0.05, 0.1) is 19.6 Å². The lowest BCUT2D eigenvalue weighted by Crippen LogP contribution is -2.51. The summed E-state index contributed by atoms with van der Waals surface area (Å²) in [4.78, 5) is 22.6. The summed E-state index contributed by atoms with van der Waals surface area (Å²) in [7, 11) is 1.59. The molecule has 1 aliphatic rings. The lowest BCUT2D eigenvalue weighted by molar-refractivity contribution is -0.137. The maximum absolute atomic E-state index is 11.8. The zero-order valence-corrected chi connectivity index (χ0v) is 12.3. The molecule has 1 rings (SSSR count). The van der Waals surface area contributed by atoms with Gasteiger partial charge in [-0.3, -0.25) is 4.79 Å². The minimum absolute atomic E-state index is 0.0445. The van der Waals surface area contributed by atoms with Crippen molar-refractivity contribution >= 4 is 12.0 Å². The van der Waals surface area contributed by atoms with E-state index in [1.165, 1.54) is 0 Å². The number of carboxylic acids is 1. The first kappa shape index (κ1) is 16.7. The molecule has 1 fully saturated rings. The second-order valence-electron chi connectivity index (χ2n) is 5.47. The van der Waals surface area contributed by atoms with E-state index in [0.717, 1.165) is 6.42 Å². The number of carboxylic acid groups (broad SMARTS) is 1. The van der Waals surface area contributed by atoms with Crippen LogP contribution in [0.3, 0.4) is 0 Å². The van der Waals surface area contributed by atoms with Crippen molar-refractivity contribution in [1.82, 2.24) is 10.6 Å². The predicted molar refractivity (Wildman–Crippen MR) is 72.6 cm³/mol. The van der Waals surface area contributed by atoms with Gasteiger partial charge in [-0.25, -0.2) is 4.79 Å². The van der Waals surface area contributed by atoms with Crippen LogP contribution in [0.15, 0.2) is 0 Å². The summed E-state index contributed by atoms with van der Waals surface area (Å²) < 4.78 is 10.7. The Labute approximate surface area is 119 Å². The van der Waals surface area contributed by atoms with Crippen molar-refractivity contribution in [2.45, 2.75) is 38.3 Å². The molecule has 0 aromatic heterocycles. The quantitative estimate of drug-likeness (QED) is 0.637. The highest BCUT2D eigenvalue weighted by molar-refractivity contribution is 5.75. The van der Waals surface area contributed by atoms with Crippen LogP contribution in [0.5, 0.6) is 0 Å². The Hall–Kier alpha value is -1.34. The van der Waals surface area contributed by atoms with E-state index in [0.29, 0.717) is 19.8 Å². The number of hydrogen-bond donors (Lipinski definition) is 3. The van der Waals surface area contributed by atoms with Crippen molar-refractivity contribution in [2.24, 2.45) is 5.92 Å². The van der Waals surface area contributed by atoms with Gasteiger partial charge < -0.3 is 25.2 Å². The van der Waals surface area contributed by atoms with Crippen LogP contribution in [0.2, 0.25) is 0 Å². The van der Waals surface area contributed by atoms with Crippen LogP contribution in [0.25, 0.3) is 0 Å². The van der Waals surface area contributed by atoms with Gasteiger partial charge in [0.1, 0.15) is 5.60 Å². The first-order valence-corrected chi connectivity index (χ1v) is 6.77. The van der Waals surface area contributed by atoms with Gasteiger partial charge in [-0.05, 0) is 5.92 Å². The van der Waals surface area contributed by atoms with Gasteiger partial charge in [0, 0.05) is 26.2 Å². The minimum Gasteiger partial charge on any atom is -0.481 e. The summed E-state index contributed by atoms with van der Waals surface area (Å²) >= 11 is 0. The standard InChI is InChI=1S/C13H24N2O5/c1-9(2)10(6-11(16)17)15-12(18)14-7-13(19-3)4-5-20-8-13/h9-10H,4-8H2,1-3H3,(H,16,17)(H2,14,15,18). The van der Waals surface area contributed by atoms with Crippen LogP contribution in [-0.4, -0.2) is 55.6 Å². The molecule has 1 saturated heterocycles. The van der Waals surface area contributed by atoms with E-state index < -0.39 is 17.6 Å². The topological polar surface area (TPSA) is 96.9 Å². The maximum atomic E-state index is 11.8. The minimum atomic E-state index is -0.929. The monoisotopic (exact) mass is 288 g/mol. The smallest absolute Gasteiger partial charge is 0.315 e. The van der Waals surface area contributed by atoms with Crippen LogP contribution in [0.4, 0.5) is 4.79 Å². The molecule has 0 bridgehead atoms. The number of carbonyl (C=O) groups excluding carboxylic acids is 1. The fourth-order valence-corrected chi connectivity index (χ4v) is 2.06. The largest absolute Gasteiger partial charge is 0.481 e. The van der Waals surface area contributed by atoms with Gasteiger partial charge in [0.25, 0.3) is 0 Å². The number of nitrogens with one attached hydrogen (secondary N) is 2. The van der Waals surface area contributed by atoms with E-state index in [-0.39, 0.29) is 18.4 Å². The average molecular weight is 288 g/mol. The fourth-order valence-electron chi connectivity index (χ4n) is 2.06. The number of rotatable bonds is 7. The lowest BCUT2D eigenvalue weighted by atomic mass is 10.0. The first-order valence-electron chi connectivity index (χ1n) is 6.77. The Morgan fingerprint density at radius 2 is 2.15 bits per heavy atom. The Morgan fingerprint density at radius 1 is 1.45 bits per heavy atom. The molecule has 0 saturated carbocycles. The molecule has 0 aromatic carbocycles. The van der Waals surface area contributed by atoms with Gasteiger partial charge in [0.15, 0.2) is 0 Å². The molecule has 20 heavy (non-hydrogen) atoms. The van der Waals surface area contributed by atoms with Crippen molar-refractivity contribution in [3.63, 3.8) is 0 Å². The van der Waals surface area contributed by atoms with Crippen LogP contribution < -0.4 is 10.6 Å². The van der Waals surface area contributed by atoms with Crippen molar-refractivity contribution in [2.75, 3.05) is 26.9 Å². The van der Waals surface area contributed by atoms with Crippen molar-refractivity contribution in [3.05, 3.63) is 0 Å². The highest BCUT2D eigenvalue weighted by atomic mass is 16.5. The molecule has 2 unspecified atom stereocenters. The van der Waals surface area contributed by atoms with E-state index in [1.807, 2.05) is 13.8 Å². The number of amides is 2. The van der Waals surface area contributed by atoms with Gasteiger partial charge in [-0.1, -0.05) is 13.8 Å². The highest BCUT2D eigenvalue weighted by Crippen LogP contribution is 2.21. The zero-order chi connectivity index (χ0) is 15.2. The average Bonchev–Trinajstić information content (AvgIpc) is 2.84. The third-order valence-electron chi connectivity index (χ3n) is 3.59. The second-order valence-corrected chi connectivity index (χ2v) is 5.47. The lowest BCUT2D eigenvalue weighted by Gasteiger charge is -2.27. The SMILES string of the molecule is COC1(CNC(=O)NC(CC(=O)O)C(C)C)CCOC1. The summed E-state index contributed by atoms with van der Waals surface area (Å²) in [6, 6.07) is -0.779. The van der Waals surface area contributed by atoms with Crippen molar-refractivity contribution in [3.8, 4) is 0 Å². The van der Waals surface area contributed by atoms with Crippen LogP contribution in [0, 0.1) is 5.92 Å². The number of hydrogen-bond acceptors (Lipinski definition) is 4. The molecule has 3 N–H and O–H groups in total. The summed E-state index contributed by atoms with van der Waals surface area (Å²) in [5, 5.41) is 14.2. The Morgan fingerprint density at radius 3 is 2.60 bits per heavy atom. The van der Waals surface area contributed by atoms with E-state index in [2.05, 4.69) is 10.6 Å². The van der Waals surface area contributed by atoms with Gasteiger partial charge in [0.2, 0.25) is 0 Å². The molecule has 2 amide bonds. The maximum Gasteiger partial charge on any atom is 0.315 e. The molecule has 0 radical (unpaired) electrons. The van der Waals surface area contributed by atoms with E-state index in [9.17, 15) is 9.59 Å². The van der Waals surface area contributed by atoms with Crippen LogP contribution >= 0.6 is 0 Å². The van der Waals surface area contributed by atoms with Crippen molar-refractivity contribution in [1.29, 1.82) is 0 Å². The molecule has 116 valence electrons. The van der Waals surface area contributed by atoms with Gasteiger partial charge in [-0.2, -0.15) is 0 Å². The first-order chi connectivity index (χ1) is 9.38. The molecule has 7 heteroatoms. The summed E-state index contributed by atoms with van der Waals surface area (Å²) in [6.45, 7) is 5.15. The molecule has 0 aromatic rings. The molecular formula is C13H24N2O5. The Balaban J connectivity index is 2.43. The van der Waals surface area contributed by atoms with Crippen LogP contribution in [-0.2, 0) is 14.3 Å². The number of urea groups is 1. The summed E-state index contributed by atoms with van der Waals surface area (Å²) in [6.07, 6.45) is 0.635. The fraction of sp³-hybridized carbons (Fsp3) is 0.846. The molecule has 7 nitrogen and oxygen atoms in total. The number of aliphatic carboxylic acids is 1. The molecule has 1 aliphatic heterocycles. The number of carbonyl (C=O) groups is 2. The molecule has 0 spiro atoms. The number of methoxy groups -OCH3 is 1. The zero-order valence-electron chi connectivity index (χ0n) is 12.3. The molecular weight excluding hydrogens is 264 g/mol. The van der Waals surface area contributed by atoms with Crippen molar-refractivity contribution < 1.29 is 24.2 Å². The Bertz CT molecular complexity index is 340. The third kappa shape index (κ3) is 4.97. The van der Waals surface area contributed by atoms with Crippen LogP contribution in [0.1, 0.15) is 26.7 Å². The molecule has 2 atom stereocenters. The van der Waals surface area contributed by atoms with E-state index >= 15 is 0 Å². The van der Waals surface area contributed by atoms with E-state index in [1.54, 1.807) is 7.11 Å². The van der Waals surface area contributed by atoms with Gasteiger partial charge in [-0.15, -0.1) is 0 Å². The summed E-state index contributed by atoms with van der Waals surface area (Å²) in [5.74, 6) is -0.885. The highest BCUT2D eigenvalue weighted by Gasteiger charge is 2.35. The Kier molecular flexibility index (Phi) is 6.22.